The molecule has 6 heteroatoms. The molecule has 6 nitrogen and oxygen atoms in total. The summed E-state index contributed by atoms with van der Waals surface area (Å²) in [6, 6.07) is 7.88. The Morgan fingerprint density at radius 2 is 2.11 bits per heavy atom. The van der Waals surface area contributed by atoms with Gasteiger partial charge in [0.25, 0.3) is 0 Å². The van der Waals surface area contributed by atoms with Gasteiger partial charge in [-0.1, -0.05) is 12.1 Å². The molecule has 0 spiro atoms. The molecule has 2 aromatic heterocycles. The maximum atomic E-state index is 5.12. The van der Waals surface area contributed by atoms with Crippen molar-refractivity contribution in [1.29, 1.82) is 0 Å². The Morgan fingerprint density at radius 3 is 2.89 bits per heavy atom. The maximum absolute atomic E-state index is 5.12. The van der Waals surface area contributed by atoms with Crippen LogP contribution in [0.5, 0.6) is 5.75 Å². The zero-order valence-corrected chi connectivity index (χ0v) is 10.4. The van der Waals surface area contributed by atoms with Crippen LogP contribution >= 0.6 is 0 Å². The van der Waals surface area contributed by atoms with Gasteiger partial charge < -0.3 is 10.1 Å². The van der Waals surface area contributed by atoms with Gasteiger partial charge in [-0.05, 0) is 17.7 Å². The molecule has 0 saturated carbocycles. The number of benzene rings is 1. The SMILES string of the molecule is COc1ccc(CNc2nccn3cnnc23)cc1. The summed E-state index contributed by atoms with van der Waals surface area (Å²) in [4.78, 5) is 4.27. The summed E-state index contributed by atoms with van der Waals surface area (Å²) in [5.41, 5.74) is 1.86. The third kappa shape index (κ3) is 2.33. The van der Waals surface area contributed by atoms with Gasteiger partial charge in [0.05, 0.1) is 7.11 Å². The fourth-order valence-corrected chi connectivity index (χ4v) is 1.81. The monoisotopic (exact) mass is 255 g/mol. The van der Waals surface area contributed by atoms with Crippen LogP contribution in [0, 0.1) is 0 Å². The summed E-state index contributed by atoms with van der Waals surface area (Å²) in [6.45, 7) is 0.670. The van der Waals surface area contributed by atoms with Crippen LogP contribution < -0.4 is 10.1 Å². The standard InChI is InChI=1S/C13H13N5O/c1-19-11-4-2-10(3-5-11)8-15-12-13-17-16-9-18(13)7-6-14-12/h2-7,9H,8H2,1H3,(H,14,15). The van der Waals surface area contributed by atoms with E-state index in [1.165, 1.54) is 0 Å². The number of aromatic nitrogens is 4. The minimum absolute atomic E-state index is 0.670. The van der Waals surface area contributed by atoms with Crippen LogP contribution in [0.3, 0.4) is 0 Å². The molecule has 0 atom stereocenters. The number of nitrogens with one attached hydrogen (secondary N) is 1. The average Bonchev–Trinajstić information content (AvgIpc) is 2.94. The van der Waals surface area contributed by atoms with Crippen molar-refractivity contribution in [3.05, 3.63) is 48.5 Å². The van der Waals surface area contributed by atoms with E-state index >= 15 is 0 Å². The molecule has 2 heterocycles. The van der Waals surface area contributed by atoms with Gasteiger partial charge in [0.2, 0.25) is 5.65 Å². The van der Waals surface area contributed by atoms with Gasteiger partial charge in [0.15, 0.2) is 5.82 Å². The predicted octanol–water partition coefficient (Wildman–Crippen LogP) is 1.74. The van der Waals surface area contributed by atoms with Gasteiger partial charge in [-0.2, -0.15) is 0 Å². The van der Waals surface area contributed by atoms with Crippen LogP contribution in [0.4, 0.5) is 5.82 Å². The van der Waals surface area contributed by atoms with Crippen molar-refractivity contribution in [2.24, 2.45) is 0 Å². The number of ether oxygens (including phenoxy) is 1. The van der Waals surface area contributed by atoms with Crippen LogP contribution in [-0.4, -0.2) is 26.7 Å². The number of rotatable bonds is 4. The Hall–Kier alpha value is -2.63. The molecule has 0 amide bonds. The fraction of sp³-hybridized carbons (Fsp3) is 0.154. The first-order valence-corrected chi connectivity index (χ1v) is 5.88. The normalized spacial score (nSPS) is 10.6. The molecule has 0 bridgehead atoms. The van der Waals surface area contributed by atoms with Crippen molar-refractivity contribution >= 4 is 11.5 Å². The van der Waals surface area contributed by atoms with Crippen molar-refractivity contribution in [2.45, 2.75) is 6.54 Å². The van der Waals surface area contributed by atoms with E-state index < -0.39 is 0 Å². The van der Waals surface area contributed by atoms with Crippen LogP contribution in [-0.2, 0) is 6.54 Å². The Kier molecular flexibility index (Phi) is 2.97. The number of methoxy groups -OCH3 is 1. The van der Waals surface area contributed by atoms with E-state index in [0.717, 1.165) is 22.8 Å². The Labute approximate surface area is 110 Å². The molecule has 96 valence electrons. The van der Waals surface area contributed by atoms with E-state index in [1.54, 1.807) is 19.6 Å². The molecule has 0 radical (unpaired) electrons. The van der Waals surface area contributed by atoms with E-state index in [-0.39, 0.29) is 0 Å². The highest BCUT2D eigenvalue weighted by Crippen LogP contribution is 2.14. The lowest BCUT2D eigenvalue weighted by atomic mass is 10.2. The van der Waals surface area contributed by atoms with Gasteiger partial charge in [-0.25, -0.2) is 4.98 Å². The second-order valence-electron chi connectivity index (χ2n) is 4.04. The average molecular weight is 255 g/mol. The first-order valence-electron chi connectivity index (χ1n) is 5.88. The summed E-state index contributed by atoms with van der Waals surface area (Å²) >= 11 is 0. The summed E-state index contributed by atoms with van der Waals surface area (Å²) in [5.74, 6) is 1.57. The minimum Gasteiger partial charge on any atom is -0.497 e. The molecule has 0 fully saturated rings. The van der Waals surface area contributed by atoms with E-state index in [4.69, 9.17) is 4.74 Å². The molecule has 3 rings (SSSR count). The van der Waals surface area contributed by atoms with Gasteiger partial charge >= 0.3 is 0 Å². The third-order valence-corrected chi connectivity index (χ3v) is 2.83. The Morgan fingerprint density at radius 1 is 1.26 bits per heavy atom. The van der Waals surface area contributed by atoms with Crippen LogP contribution in [0.1, 0.15) is 5.56 Å². The van der Waals surface area contributed by atoms with Gasteiger partial charge in [0.1, 0.15) is 12.1 Å². The number of hydrogen-bond donors (Lipinski definition) is 1. The quantitative estimate of drug-likeness (QED) is 0.769. The highest BCUT2D eigenvalue weighted by Gasteiger charge is 2.04. The van der Waals surface area contributed by atoms with Crippen molar-refractivity contribution in [3.8, 4) is 5.75 Å². The zero-order valence-electron chi connectivity index (χ0n) is 10.4. The van der Waals surface area contributed by atoms with E-state index in [9.17, 15) is 0 Å². The third-order valence-electron chi connectivity index (χ3n) is 2.83. The van der Waals surface area contributed by atoms with Crippen LogP contribution in [0.15, 0.2) is 43.0 Å². The smallest absolute Gasteiger partial charge is 0.203 e. The number of fused-ring (bicyclic) bond motifs is 1. The fourth-order valence-electron chi connectivity index (χ4n) is 1.81. The first-order chi connectivity index (χ1) is 9.36. The molecule has 0 aliphatic heterocycles. The zero-order chi connectivity index (χ0) is 13.1. The number of hydrogen-bond acceptors (Lipinski definition) is 5. The van der Waals surface area contributed by atoms with Gasteiger partial charge in [0, 0.05) is 18.9 Å². The molecular formula is C13H13N5O. The number of anilines is 1. The lowest BCUT2D eigenvalue weighted by molar-refractivity contribution is 0.414. The van der Waals surface area contributed by atoms with E-state index in [0.29, 0.717) is 6.54 Å². The molecular weight excluding hydrogens is 242 g/mol. The van der Waals surface area contributed by atoms with Crippen molar-refractivity contribution < 1.29 is 4.74 Å². The van der Waals surface area contributed by atoms with E-state index in [2.05, 4.69) is 20.5 Å². The van der Waals surface area contributed by atoms with Crippen molar-refractivity contribution in [2.75, 3.05) is 12.4 Å². The number of nitrogens with zero attached hydrogens (tertiary/aromatic N) is 4. The Balaban J connectivity index is 1.76. The molecule has 0 aliphatic rings. The molecule has 0 unspecified atom stereocenters. The highest BCUT2D eigenvalue weighted by atomic mass is 16.5. The maximum Gasteiger partial charge on any atom is 0.203 e. The van der Waals surface area contributed by atoms with Crippen molar-refractivity contribution in [3.63, 3.8) is 0 Å². The lowest BCUT2D eigenvalue weighted by Crippen LogP contribution is -2.03. The largest absolute Gasteiger partial charge is 0.497 e. The molecule has 0 saturated heterocycles. The summed E-state index contributed by atoms with van der Waals surface area (Å²) in [7, 11) is 1.66. The molecule has 0 aliphatic carbocycles. The lowest BCUT2D eigenvalue weighted by Gasteiger charge is -2.07. The van der Waals surface area contributed by atoms with Gasteiger partial charge in [-0.3, -0.25) is 4.40 Å². The topological polar surface area (TPSA) is 64.3 Å². The Bertz CT molecular complexity index is 677. The molecule has 1 aromatic carbocycles. The summed E-state index contributed by atoms with van der Waals surface area (Å²) in [6.07, 6.45) is 5.18. The summed E-state index contributed by atoms with van der Waals surface area (Å²) < 4.78 is 6.95. The molecule has 1 N–H and O–H groups in total. The second kappa shape index (κ2) is 4.93. The predicted molar refractivity (Wildman–Crippen MR) is 71.1 cm³/mol. The summed E-state index contributed by atoms with van der Waals surface area (Å²) in [5, 5.41) is 11.1. The second-order valence-corrected chi connectivity index (χ2v) is 4.04. The first kappa shape index (κ1) is 11.5. The van der Waals surface area contributed by atoms with Crippen molar-refractivity contribution in [1.82, 2.24) is 19.6 Å². The minimum atomic E-state index is 0.670. The van der Waals surface area contributed by atoms with Crippen LogP contribution in [0.25, 0.3) is 5.65 Å². The van der Waals surface area contributed by atoms with E-state index in [1.807, 2.05) is 34.9 Å². The molecule has 3 aromatic rings. The molecule has 19 heavy (non-hydrogen) atoms. The highest BCUT2D eigenvalue weighted by molar-refractivity contribution is 5.61. The van der Waals surface area contributed by atoms with Crippen LogP contribution in [0.2, 0.25) is 0 Å². The van der Waals surface area contributed by atoms with Gasteiger partial charge in [-0.15, -0.1) is 10.2 Å².